The minimum atomic E-state index is 0.256. The van der Waals surface area contributed by atoms with E-state index < -0.39 is 0 Å². The number of hydrogen-bond donors (Lipinski definition) is 0. The van der Waals surface area contributed by atoms with Crippen LogP contribution in [0.25, 0.3) is 0 Å². The number of carbonyl (C=O) groups excluding carboxylic acids is 1. The minimum absolute atomic E-state index is 0.256. The molecule has 3 rings (SSSR count). The van der Waals surface area contributed by atoms with Crippen molar-refractivity contribution in [3.63, 3.8) is 0 Å². The average molecular weight is 375 g/mol. The zero-order chi connectivity index (χ0) is 19.4. The molecule has 150 valence electrons. The quantitative estimate of drug-likeness (QED) is 0.761. The van der Waals surface area contributed by atoms with Crippen molar-refractivity contribution in [2.75, 3.05) is 33.4 Å². The lowest BCUT2D eigenvalue weighted by Crippen LogP contribution is -2.55. The predicted molar refractivity (Wildman–Crippen MR) is 107 cm³/mol. The second-order valence-corrected chi connectivity index (χ2v) is 8.35. The van der Waals surface area contributed by atoms with E-state index in [4.69, 9.17) is 9.47 Å². The number of rotatable bonds is 6. The fraction of sp³-hybridized carbons (Fsp3) is 0.682. The highest BCUT2D eigenvalue weighted by molar-refractivity contribution is 5.77. The second-order valence-electron chi connectivity index (χ2n) is 8.35. The van der Waals surface area contributed by atoms with Crippen molar-refractivity contribution in [2.24, 2.45) is 5.41 Å². The van der Waals surface area contributed by atoms with E-state index in [0.717, 1.165) is 44.1 Å². The Bertz CT molecular complexity index is 661. The molecule has 1 aromatic carbocycles. The van der Waals surface area contributed by atoms with E-state index in [9.17, 15) is 4.79 Å². The zero-order valence-corrected chi connectivity index (χ0v) is 17.3. The predicted octanol–water partition coefficient (Wildman–Crippen LogP) is 3.71. The van der Waals surface area contributed by atoms with E-state index in [1.807, 2.05) is 13.0 Å². The lowest BCUT2D eigenvalue weighted by Gasteiger charge is -2.49. The molecule has 2 aliphatic rings. The van der Waals surface area contributed by atoms with E-state index in [0.29, 0.717) is 25.0 Å². The van der Waals surface area contributed by atoms with Gasteiger partial charge in [-0.1, -0.05) is 6.07 Å². The number of benzene rings is 1. The Morgan fingerprint density at radius 1 is 1.19 bits per heavy atom. The first-order valence-electron chi connectivity index (χ1n) is 10.3. The van der Waals surface area contributed by atoms with E-state index in [1.165, 1.54) is 18.4 Å². The first-order chi connectivity index (χ1) is 13.0. The van der Waals surface area contributed by atoms with E-state index in [2.05, 4.69) is 35.8 Å². The summed E-state index contributed by atoms with van der Waals surface area (Å²) >= 11 is 0. The molecule has 5 heteroatoms. The number of hydrogen-bond acceptors (Lipinski definition) is 4. The summed E-state index contributed by atoms with van der Waals surface area (Å²) in [4.78, 5) is 16.9. The van der Waals surface area contributed by atoms with Gasteiger partial charge in [0.15, 0.2) is 11.5 Å². The maximum Gasteiger partial charge on any atom is 0.222 e. The van der Waals surface area contributed by atoms with Crippen LogP contribution in [0, 0.1) is 5.41 Å². The van der Waals surface area contributed by atoms with Crippen molar-refractivity contribution >= 4 is 5.91 Å². The molecule has 0 aromatic heterocycles. The third-order valence-electron chi connectivity index (χ3n) is 5.99. The van der Waals surface area contributed by atoms with Gasteiger partial charge in [-0.15, -0.1) is 0 Å². The van der Waals surface area contributed by atoms with Gasteiger partial charge in [-0.05, 0) is 64.3 Å². The van der Waals surface area contributed by atoms with E-state index in [1.54, 1.807) is 7.11 Å². The summed E-state index contributed by atoms with van der Waals surface area (Å²) in [6.07, 6.45) is 4.16. The van der Waals surface area contributed by atoms with Gasteiger partial charge in [-0.25, -0.2) is 0 Å². The molecule has 27 heavy (non-hydrogen) atoms. The van der Waals surface area contributed by atoms with Crippen molar-refractivity contribution < 1.29 is 14.3 Å². The van der Waals surface area contributed by atoms with Crippen LogP contribution in [0.1, 0.15) is 52.0 Å². The fourth-order valence-electron chi connectivity index (χ4n) is 4.64. The molecule has 2 fully saturated rings. The van der Waals surface area contributed by atoms with Crippen LogP contribution in [0.4, 0.5) is 0 Å². The summed E-state index contributed by atoms with van der Waals surface area (Å²) in [5.74, 6) is 1.93. The Morgan fingerprint density at radius 2 is 2.00 bits per heavy atom. The smallest absolute Gasteiger partial charge is 0.222 e. The van der Waals surface area contributed by atoms with Gasteiger partial charge >= 0.3 is 0 Å². The maximum absolute atomic E-state index is 12.3. The van der Waals surface area contributed by atoms with Gasteiger partial charge in [0.2, 0.25) is 5.91 Å². The molecule has 0 N–H and O–H groups in total. The van der Waals surface area contributed by atoms with Crippen molar-refractivity contribution in [2.45, 2.75) is 59.0 Å². The maximum atomic E-state index is 12.3. The van der Waals surface area contributed by atoms with Crippen molar-refractivity contribution in [3.05, 3.63) is 23.8 Å². The molecule has 0 radical (unpaired) electrons. The Morgan fingerprint density at radius 3 is 2.70 bits per heavy atom. The van der Waals surface area contributed by atoms with Crippen molar-refractivity contribution in [1.29, 1.82) is 0 Å². The number of methoxy groups -OCH3 is 1. The lowest BCUT2D eigenvalue weighted by atomic mass is 9.73. The van der Waals surface area contributed by atoms with Crippen molar-refractivity contribution in [1.82, 2.24) is 9.80 Å². The van der Waals surface area contributed by atoms with Gasteiger partial charge in [0.05, 0.1) is 13.7 Å². The van der Waals surface area contributed by atoms with Gasteiger partial charge in [0.1, 0.15) is 0 Å². The van der Waals surface area contributed by atoms with Crippen LogP contribution in [0.3, 0.4) is 0 Å². The molecule has 1 unspecified atom stereocenters. The van der Waals surface area contributed by atoms with Crippen LogP contribution >= 0.6 is 0 Å². The highest BCUT2D eigenvalue weighted by Gasteiger charge is 2.42. The van der Waals surface area contributed by atoms with Crippen molar-refractivity contribution in [3.8, 4) is 11.5 Å². The highest BCUT2D eigenvalue weighted by atomic mass is 16.5. The number of likely N-dealkylation sites (tertiary alicyclic amines) is 2. The minimum Gasteiger partial charge on any atom is -0.493 e. The topological polar surface area (TPSA) is 42.0 Å². The van der Waals surface area contributed by atoms with Gasteiger partial charge in [-0.3, -0.25) is 9.69 Å². The molecule has 1 spiro atoms. The number of ether oxygens (including phenoxy) is 2. The Hall–Kier alpha value is -1.75. The first-order valence-corrected chi connectivity index (χ1v) is 10.3. The first kappa shape index (κ1) is 20.0. The number of nitrogens with zero attached hydrogens (tertiary/aromatic N) is 2. The average Bonchev–Trinajstić information content (AvgIpc) is 2.65. The SMILES string of the molecule is CCOc1cc(CN2CCCC3(CCC(=O)N(C(C)C)C3)C2)ccc1OC. The monoisotopic (exact) mass is 374 g/mol. The number of amides is 1. The van der Waals surface area contributed by atoms with Gasteiger partial charge in [0.25, 0.3) is 0 Å². The summed E-state index contributed by atoms with van der Waals surface area (Å²) in [6.45, 7) is 10.9. The summed E-state index contributed by atoms with van der Waals surface area (Å²) < 4.78 is 11.1. The van der Waals surface area contributed by atoms with E-state index >= 15 is 0 Å². The molecule has 2 aliphatic heterocycles. The third kappa shape index (κ3) is 4.57. The molecule has 0 aliphatic carbocycles. The molecule has 1 amide bonds. The summed E-state index contributed by atoms with van der Waals surface area (Å²) in [5, 5.41) is 0. The van der Waals surface area contributed by atoms with Gasteiger partial charge in [0, 0.05) is 37.5 Å². The van der Waals surface area contributed by atoms with Gasteiger partial charge in [-0.2, -0.15) is 0 Å². The highest BCUT2D eigenvalue weighted by Crippen LogP contribution is 2.40. The Labute approximate surface area is 163 Å². The van der Waals surface area contributed by atoms with Crippen LogP contribution in [0.2, 0.25) is 0 Å². The second kappa shape index (κ2) is 8.51. The normalized spacial score (nSPS) is 23.9. The summed E-state index contributed by atoms with van der Waals surface area (Å²) in [7, 11) is 1.68. The van der Waals surface area contributed by atoms with Crippen LogP contribution < -0.4 is 9.47 Å². The molecule has 2 heterocycles. The van der Waals surface area contributed by atoms with Crippen LogP contribution in [0.15, 0.2) is 18.2 Å². The van der Waals surface area contributed by atoms with Crippen LogP contribution in [-0.4, -0.2) is 55.1 Å². The molecule has 1 aromatic rings. The third-order valence-corrected chi connectivity index (χ3v) is 5.99. The fourth-order valence-corrected chi connectivity index (χ4v) is 4.64. The molecular formula is C22H34N2O3. The standard InChI is InChI=1S/C22H34N2O3/c1-5-27-20-13-18(7-8-19(20)26-4)14-23-12-6-10-22(15-23)11-9-21(25)24(16-22)17(2)3/h7-8,13,17H,5-6,9-12,14-16H2,1-4H3. The lowest BCUT2D eigenvalue weighted by molar-refractivity contribution is -0.141. The number of piperidine rings is 2. The summed E-state index contributed by atoms with van der Waals surface area (Å²) in [6, 6.07) is 6.53. The molecule has 2 saturated heterocycles. The molecule has 0 saturated carbocycles. The largest absolute Gasteiger partial charge is 0.493 e. The van der Waals surface area contributed by atoms with Crippen LogP contribution in [-0.2, 0) is 11.3 Å². The van der Waals surface area contributed by atoms with E-state index in [-0.39, 0.29) is 5.41 Å². The molecule has 0 bridgehead atoms. The Kier molecular flexibility index (Phi) is 6.30. The molecular weight excluding hydrogens is 340 g/mol. The molecule has 5 nitrogen and oxygen atoms in total. The van der Waals surface area contributed by atoms with Crippen LogP contribution in [0.5, 0.6) is 11.5 Å². The molecule has 1 atom stereocenters. The summed E-state index contributed by atoms with van der Waals surface area (Å²) in [5.41, 5.74) is 1.51. The zero-order valence-electron chi connectivity index (χ0n) is 17.3. The van der Waals surface area contributed by atoms with Gasteiger partial charge < -0.3 is 14.4 Å². The number of carbonyl (C=O) groups is 1. The Balaban J connectivity index is 1.70.